The Balaban J connectivity index is 2.20. The molecule has 1 amide bonds. The molecule has 1 fully saturated rings. The predicted octanol–water partition coefficient (Wildman–Crippen LogP) is 3.85. The van der Waals surface area contributed by atoms with Crippen LogP contribution in [0.4, 0.5) is 5.69 Å². The highest BCUT2D eigenvalue weighted by Gasteiger charge is 2.37. The van der Waals surface area contributed by atoms with Crippen molar-refractivity contribution in [2.75, 3.05) is 5.32 Å². The number of hydrogen-bond donors (Lipinski definition) is 2. The first kappa shape index (κ1) is 15.5. The van der Waals surface area contributed by atoms with Gasteiger partial charge >= 0.3 is 5.97 Å². The molecular weight excluding hydrogens is 266 g/mol. The molecular formula is C17H23NO3. The minimum absolute atomic E-state index is 0.000641. The molecule has 0 aromatic heterocycles. The summed E-state index contributed by atoms with van der Waals surface area (Å²) in [5, 5.41) is 12.1. The van der Waals surface area contributed by atoms with Crippen molar-refractivity contribution < 1.29 is 14.7 Å². The van der Waals surface area contributed by atoms with Crippen LogP contribution in [0.1, 0.15) is 55.5 Å². The van der Waals surface area contributed by atoms with Gasteiger partial charge in [0.2, 0.25) is 5.91 Å². The summed E-state index contributed by atoms with van der Waals surface area (Å²) in [7, 11) is 0. The van der Waals surface area contributed by atoms with Crippen molar-refractivity contribution in [3.63, 3.8) is 0 Å². The zero-order valence-corrected chi connectivity index (χ0v) is 12.9. The van der Waals surface area contributed by atoms with Crippen molar-refractivity contribution >= 4 is 17.6 Å². The lowest BCUT2D eigenvalue weighted by atomic mass is 9.68. The SMILES string of the molecule is Cc1c(NC(=O)C2CCCCC2(C)C)cccc1C(=O)O. The average Bonchev–Trinajstić information content (AvgIpc) is 2.40. The summed E-state index contributed by atoms with van der Waals surface area (Å²) in [5.41, 5.74) is 1.43. The second-order valence-corrected chi connectivity index (χ2v) is 6.56. The normalized spacial score (nSPS) is 20.8. The maximum atomic E-state index is 12.6. The van der Waals surface area contributed by atoms with Crippen molar-refractivity contribution in [1.29, 1.82) is 0 Å². The fourth-order valence-electron chi connectivity index (χ4n) is 3.20. The molecule has 0 saturated heterocycles. The molecule has 1 aromatic carbocycles. The summed E-state index contributed by atoms with van der Waals surface area (Å²) < 4.78 is 0. The Kier molecular flexibility index (Phi) is 4.35. The number of carboxylic acid groups (broad SMARTS) is 1. The van der Waals surface area contributed by atoms with Gasteiger partial charge in [-0.25, -0.2) is 4.79 Å². The number of carboxylic acids is 1. The molecule has 1 atom stereocenters. The molecule has 1 aromatic rings. The van der Waals surface area contributed by atoms with Gasteiger partial charge in [-0.1, -0.05) is 32.8 Å². The molecule has 1 saturated carbocycles. The van der Waals surface area contributed by atoms with Crippen LogP contribution in [0.15, 0.2) is 18.2 Å². The molecule has 0 spiro atoms. The predicted molar refractivity (Wildman–Crippen MR) is 82.5 cm³/mol. The van der Waals surface area contributed by atoms with Gasteiger partial charge in [-0.3, -0.25) is 4.79 Å². The Morgan fingerprint density at radius 3 is 2.62 bits per heavy atom. The Morgan fingerprint density at radius 2 is 2.00 bits per heavy atom. The van der Waals surface area contributed by atoms with Gasteiger partial charge in [0.25, 0.3) is 0 Å². The van der Waals surface area contributed by atoms with Gasteiger partial charge in [0.15, 0.2) is 0 Å². The van der Waals surface area contributed by atoms with Crippen LogP contribution in [-0.2, 0) is 4.79 Å². The zero-order chi connectivity index (χ0) is 15.6. The first-order chi connectivity index (χ1) is 9.83. The highest BCUT2D eigenvalue weighted by atomic mass is 16.4. The van der Waals surface area contributed by atoms with Gasteiger partial charge in [0.05, 0.1) is 5.56 Å². The van der Waals surface area contributed by atoms with Crippen LogP contribution >= 0.6 is 0 Å². The summed E-state index contributed by atoms with van der Waals surface area (Å²) in [6.07, 6.45) is 4.20. The number of amides is 1. The number of benzene rings is 1. The van der Waals surface area contributed by atoms with Crippen LogP contribution < -0.4 is 5.32 Å². The summed E-state index contributed by atoms with van der Waals surface area (Å²) in [6.45, 7) is 6.00. The molecule has 4 heteroatoms. The van der Waals surface area contributed by atoms with Gasteiger partial charge in [-0.15, -0.1) is 0 Å². The quantitative estimate of drug-likeness (QED) is 0.888. The molecule has 114 valence electrons. The summed E-state index contributed by atoms with van der Waals surface area (Å²) in [5.74, 6) is -0.980. The highest BCUT2D eigenvalue weighted by Crippen LogP contribution is 2.41. The standard InChI is InChI=1S/C17H23NO3/c1-11-12(16(20)21)7-6-9-14(11)18-15(19)13-8-4-5-10-17(13,2)3/h6-7,9,13H,4-5,8,10H2,1-3H3,(H,18,19)(H,20,21). The number of aromatic carboxylic acids is 1. The van der Waals surface area contributed by atoms with E-state index in [1.165, 1.54) is 6.42 Å². The van der Waals surface area contributed by atoms with Crippen molar-refractivity contribution in [2.24, 2.45) is 11.3 Å². The second kappa shape index (κ2) is 5.88. The zero-order valence-electron chi connectivity index (χ0n) is 12.9. The highest BCUT2D eigenvalue weighted by molar-refractivity contribution is 5.97. The van der Waals surface area contributed by atoms with Gasteiger partial charge in [0, 0.05) is 11.6 Å². The van der Waals surface area contributed by atoms with Gasteiger partial charge in [0.1, 0.15) is 0 Å². The number of hydrogen-bond acceptors (Lipinski definition) is 2. The molecule has 1 unspecified atom stereocenters. The number of anilines is 1. The first-order valence-corrected chi connectivity index (χ1v) is 7.47. The van der Waals surface area contributed by atoms with E-state index >= 15 is 0 Å². The van der Waals surface area contributed by atoms with Gasteiger partial charge in [-0.2, -0.15) is 0 Å². The number of rotatable bonds is 3. The van der Waals surface area contributed by atoms with Crippen molar-refractivity contribution in [3.05, 3.63) is 29.3 Å². The van der Waals surface area contributed by atoms with Crippen LogP contribution in [0.3, 0.4) is 0 Å². The van der Waals surface area contributed by atoms with Crippen LogP contribution in [-0.4, -0.2) is 17.0 Å². The van der Waals surface area contributed by atoms with E-state index in [1.54, 1.807) is 25.1 Å². The topological polar surface area (TPSA) is 66.4 Å². The van der Waals surface area contributed by atoms with E-state index in [2.05, 4.69) is 19.2 Å². The molecule has 21 heavy (non-hydrogen) atoms. The monoisotopic (exact) mass is 289 g/mol. The summed E-state index contributed by atoms with van der Waals surface area (Å²) >= 11 is 0. The van der Waals surface area contributed by atoms with Crippen LogP contribution in [0.5, 0.6) is 0 Å². The van der Waals surface area contributed by atoms with E-state index in [4.69, 9.17) is 5.11 Å². The van der Waals surface area contributed by atoms with E-state index in [-0.39, 0.29) is 22.8 Å². The van der Waals surface area contributed by atoms with Crippen LogP contribution in [0.2, 0.25) is 0 Å². The minimum atomic E-state index is -0.971. The number of carbonyl (C=O) groups is 2. The third-order valence-corrected chi connectivity index (χ3v) is 4.65. The first-order valence-electron chi connectivity index (χ1n) is 7.47. The number of nitrogens with one attached hydrogen (secondary N) is 1. The third-order valence-electron chi connectivity index (χ3n) is 4.65. The van der Waals surface area contributed by atoms with Crippen LogP contribution in [0, 0.1) is 18.3 Å². The third kappa shape index (κ3) is 3.26. The van der Waals surface area contributed by atoms with Crippen molar-refractivity contribution in [2.45, 2.75) is 46.5 Å². The Bertz CT molecular complexity index is 563. The Labute approximate surface area is 125 Å². The smallest absolute Gasteiger partial charge is 0.336 e. The molecule has 0 radical (unpaired) electrons. The lowest BCUT2D eigenvalue weighted by Crippen LogP contribution is -2.37. The molecule has 0 heterocycles. The maximum absolute atomic E-state index is 12.6. The van der Waals surface area contributed by atoms with Gasteiger partial charge < -0.3 is 10.4 Å². The van der Waals surface area contributed by atoms with E-state index < -0.39 is 5.97 Å². The maximum Gasteiger partial charge on any atom is 0.336 e. The fraction of sp³-hybridized carbons (Fsp3) is 0.529. The molecule has 1 aliphatic rings. The van der Waals surface area contributed by atoms with Gasteiger partial charge in [-0.05, 0) is 42.9 Å². The van der Waals surface area contributed by atoms with Crippen molar-refractivity contribution in [3.8, 4) is 0 Å². The second-order valence-electron chi connectivity index (χ2n) is 6.56. The van der Waals surface area contributed by atoms with E-state index in [9.17, 15) is 9.59 Å². The molecule has 0 aliphatic heterocycles. The summed E-state index contributed by atoms with van der Waals surface area (Å²) in [4.78, 5) is 23.7. The Morgan fingerprint density at radius 1 is 1.29 bits per heavy atom. The lowest BCUT2D eigenvalue weighted by Gasteiger charge is -2.37. The van der Waals surface area contributed by atoms with E-state index in [1.807, 2.05) is 0 Å². The average molecular weight is 289 g/mol. The van der Waals surface area contributed by atoms with Crippen LogP contribution in [0.25, 0.3) is 0 Å². The largest absolute Gasteiger partial charge is 0.478 e. The number of carbonyl (C=O) groups excluding carboxylic acids is 1. The molecule has 1 aliphatic carbocycles. The summed E-state index contributed by atoms with van der Waals surface area (Å²) in [6, 6.07) is 4.98. The minimum Gasteiger partial charge on any atom is -0.478 e. The molecule has 2 N–H and O–H groups in total. The van der Waals surface area contributed by atoms with E-state index in [0.29, 0.717) is 11.3 Å². The lowest BCUT2D eigenvalue weighted by molar-refractivity contribution is -0.124. The van der Waals surface area contributed by atoms with Crippen molar-refractivity contribution in [1.82, 2.24) is 0 Å². The Hall–Kier alpha value is -1.84. The molecule has 2 rings (SSSR count). The molecule has 0 bridgehead atoms. The van der Waals surface area contributed by atoms with E-state index in [0.717, 1.165) is 19.3 Å². The molecule has 4 nitrogen and oxygen atoms in total. The fourth-order valence-corrected chi connectivity index (χ4v) is 3.20.